The number of ether oxygens (including phenoxy) is 1. The molecule has 0 radical (unpaired) electrons. The van der Waals surface area contributed by atoms with Gasteiger partial charge in [-0.2, -0.15) is 0 Å². The lowest BCUT2D eigenvalue weighted by Gasteiger charge is -2.08. The lowest BCUT2D eigenvalue weighted by Crippen LogP contribution is -2.16. The summed E-state index contributed by atoms with van der Waals surface area (Å²) < 4.78 is 4.98. The predicted octanol–water partition coefficient (Wildman–Crippen LogP) is 4.10. The Morgan fingerprint density at radius 1 is 1.38 bits per heavy atom. The maximum absolute atomic E-state index is 10.8. The third-order valence-corrected chi connectivity index (χ3v) is 2.69. The molecule has 0 amide bonds. The fourth-order valence-electron chi connectivity index (χ4n) is 1.69. The van der Waals surface area contributed by atoms with Crippen LogP contribution in [0.5, 0.6) is 5.75 Å². The lowest BCUT2D eigenvalue weighted by molar-refractivity contribution is -0.131. The number of allylic oxidation sites excluding steroid dienone is 1. The Morgan fingerprint density at radius 3 is 2.52 bits per heavy atom. The number of benzene rings is 1. The fourth-order valence-corrected chi connectivity index (χ4v) is 1.69. The minimum Gasteiger partial charge on any atom is -0.427 e. The van der Waals surface area contributed by atoms with Crippen LogP contribution in [-0.4, -0.2) is 12.5 Å². The monoisotopic (exact) mass is 289 g/mol. The van der Waals surface area contributed by atoms with Crippen molar-refractivity contribution in [3.63, 3.8) is 0 Å². The number of esters is 1. The van der Waals surface area contributed by atoms with E-state index in [0.717, 1.165) is 19.5 Å². The first kappa shape index (κ1) is 19.2. The summed E-state index contributed by atoms with van der Waals surface area (Å²) in [5, 5.41) is 3.38. The van der Waals surface area contributed by atoms with Crippen molar-refractivity contribution in [2.45, 2.75) is 40.7 Å². The summed E-state index contributed by atoms with van der Waals surface area (Å²) in [6, 6.07) is 7.53. The maximum atomic E-state index is 10.8. The van der Waals surface area contributed by atoms with Gasteiger partial charge in [0.25, 0.3) is 0 Å². The van der Waals surface area contributed by atoms with Crippen molar-refractivity contribution in [2.24, 2.45) is 5.92 Å². The van der Waals surface area contributed by atoms with Crippen LogP contribution in [0.3, 0.4) is 0 Å². The average molecular weight is 289 g/mol. The number of nitrogens with one attached hydrogen (secondary N) is 1. The topological polar surface area (TPSA) is 38.3 Å². The van der Waals surface area contributed by atoms with E-state index in [0.29, 0.717) is 11.7 Å². The molecule has 0 aliphatic heterocycles. The van der Waals surface area contributed by atoms with Crippen LogP contribution in [0.15, 0.2) is 42.7 Å². The Bertz CT molecular complexity index is 445. The van der Waals surface area contributed by atoms with Crippen molar-refractivity contribution in [3.8, 4) is 5.75 Å². The molecule has 0 saturated heterocycles. The van der Waals surface area contributed by atoms with E-state index in [-0.39, 0.29) is 5.97 Å². The number of hydrogen-bond acceptors (Lipinski definition) is 3. The molecule has 1 N–H and O–H groups in total. The van der Waals surface area contributed by atoms with E-state index in [1.54, 1.807) is 0 Å². The van der Waals surface area contributed by atoms with Gasteiger partial charge < -0.3 is 10.1 Å². The van der Waals surface area contributed by atoms with Gasteiger partial charge in [0.2, 0.25) is 0 Å². The highest BCUT2D eigenvalue weighted by Crippen LogP contribution is 2.12. The highest BCUT2D eigenvalue weighted by Gasteiger charge is 1.99. The first-order valence-corrected chi connectivity index (χ1v) is 7.46. The summed E-state index contributed by atoms with van der Waals surface area (Å²) in [5.41, 5.74) is 3.97. The first-order valence-electron chi connectivity index (χ1n) is 7.46. The van der Waals surface area contributed by atoms with Crippen LogP contribution in [0.2, 0.25) is 0 Å². The van der Waals surface area contributed by atoms with Crippen LogP contribution in [0.1, 0.15) is 39.7 Å². The van der Waals surface area contributed by atoms with Crippen molar-refractivity contribution in [3.05, 3.63) is 48.2 Å². The largest absolute Gasteiger partial charge is 0.427 e. The normalized spacial score (nSPS) is 10.7. The molecule has 1 atom stereocenters. The van der Waals surface area contributed by atoms with Gasteiger partial charge in [-0.25, -0.2) is 0 Å². The number of rotatable bonds is 7. The predicted molar refractivity (Wildman–Crippen MR) is 88.3 cm³/mol. The molecule has 0 aliphatic rings. The SMILES string of the molecule is C=C=CC(C)CCNCc1ccc(OC(C)=O)cc1.CC. The zero-order valence-electron chi connectivity index (χ0n) is 13.6. The Hall–Kier alpha value is -1.83. The molecular formula is C18H27NO2. The molecule has 0 aliphatic carbocycles. The van der Waals surface area contributed by atoms with Gasteiger partial charge in [-0.15, -0.1) is 5.73 Å². The number of carbonyl (C=O) groups is 1. The summed E-state index contributed by atoms with van der Waals surface area (Å²) >= 11 is 0. The van der Waals surface area contributed by atoms with Gasteiger partial charge in [0, 0.05) is 13.5 Å². The van der Waals surface area contributed by atoms with Gasteiger partial charge in [0.05, 0.1) is 0 Å². The quantitative estimate of drug-likeness (QED) is 0.355. The van der Waals surface area contributed by atoms with E-state index >= 15 is 0 Å². The molecular weight excluding hydrogens is 262 g/mol. The molecule has 0 bridgehead atoms. The highest BCUT2D eigenvalue weighted by molar-refractivity contribution is 5.69. The van der Waals surface area contributed by atoms with Gasteiger partial charge in [-0.05, 0) is 42.7 Å². The number of hydrogen-bond donors (Lipinski definition) is 1. The second kappa shape index (κ2) is 12.0. The van der Waals surface area contributed by atoms with E-state index < -0.39 is 0 Å². The summed E-state index contributed by atoms with van der Waals surface area (Å²) in [6.45, 7) is 12.9. The Balaban J connectivity index is 0.00000191. The zero-order valence-corrected chi connectivity index (χ0v) is 13.6. The van der Waals surface area contributed by atoms with Crippen LogP contribution in [0.4, 0.5) is 0 Å². The summed E-state index contributed by atoms with van der Waals surface area (Å²) in [7, 11) is 0. The molecule has 1 aromatic rings. The summed E-state index contributed by atoms with van der Waals surface area (Å²) in [5.74, 6) is 0.785. The van der Waals surface area contributed by atoms with Crippen LogP contribution in [0.25, 0.3) is 0 Å². The molecule has 0 fully saturated rings. The van der Waals surface area contributed by atoms with Gasteiger partial charge in [-0.3, -0.25) is 4.79 Å². The second-order valence-electron chi connectivity index (χ2n) is 4.55. The molecule has 0 saturated carbocycles. The smallest absolute Gasteiger partial charge is 0.308 e. The maximum Gasteiger partial charge on any atom is 0.308 e. The van der Waals surface area contributed by atoms with Crippen LogP contribution in [-0.2, 0) is 11.3 Å². The molecule has 1 rings (SSSR count). The molecule has 0 heterocycles. The summed E-state index contributed by atoms with van der Waals surface area (Å²) in [6.07, 6.45) is 3.05. The van der Waals surface area contributed by atoms with Crippen molar-refractivity contribution in [2.75, 3.05) is 6.54 Å². The minimum atomic E-state index is -0.296. The fraction of sp³-hybridized carbons (Fsp3) is 0.444. The Morgan fingerprint density at radius 2 is 2.00 bits per heavy atom. The van der Waals surface area contributed by atoms with Gasteiger partial charge in [0.15, 0.2) is 0 Å². The second-order valence-corrected chi connectivity index (χ2v) is 4.55. The van der Waals surface area contributed by atoms with Crippen molar-refractivity contribution < 1.29 is 9.53 Å². The van der Waals surface area contributed by atoms with Crippen LogP contribution < -0.4 is 10.1 Å². The van der Waals surface area contributed by atoms with Gasteiger partial charge >= 0.3 is 5.97 Å². The minimum absolute atomic E-state index is 0.296. The van der Waals surface area contributed by atoms with Crippen LogP contribution in [0, 0.1) is 5.92 Å². The average Bonchev–Trinajstić information content (AvgIpc) is 2.47. The van der Waals surface area contributed by atoms with Crippen LogP contribution >= 0.6 is 0 Å². The van der Waals surface area contributed by atoms with Crippen molar-refractivity contribution in [1.82, 2.24) is 5.32 Å². The molecule has 1 unspecified atom stereocenters. The van der Waals surface area contributed by atoms with E-state index in [2.05, 4.69) is 24.6 Å². The molecule has 1 aromatic carbocycles. The van der Waals surface area contributed by atoms with E-state index in [4.69, 9.17) is 4.74 Å². The first-order chi connectivity index (χ1) is 10.1. The number of carbonyl (C=O) groups excluding carboxylic acids is 1. The van der Waals surface area contributed by atoms with Crippen molar-refractivity contribution in [1.29, 1.82) is 0 Å². The third-order valence-electron chi connectivity index (χ3n) is 2.69. The van der Waals surface area contributed by atoms with Gasteiger partial charge in [-0.1, -0.05) is 39.5 Å². The van der Waals surface area contributed by atoms with E-state index in [9.17, 15) is 4.79 Å². The zero-order chi connectivity index (χ0) is 16.1. The standard InChI is InChI=1S/C16H21NO2.C2H6/c1-4-5-13(2)10-11-17-12-15-6-8-16(9-7-15)19-14(3)18;1-2/h5-9,13,17H,1,10-12H2,2-3H3;1-2H3. The molecule has 3 nitrogen and oxygen atoms in total. The molecule has 3 heteroatoms. The highest BCUT2D eigenvalue weighted by atomic mass is 16.5. The Kier molecular flexibility index (Phi) is 10.9. The molecule has 116 valence electrons. The summed E-state index contributed by atoms with van der Waals surface area (Å²) in [4.78, 5) is 10.8. The molecule has 0 aromatic heterocycles. The van der Waals surface area contributed by atoms with E-state index in [1.807, 2.05) is 44.2 Å². The molecule has 0 spiro atoms. The third kappa shape index (κ3) is 9.67. The Labute approximate surface area is 128 Å². The van der Waals surface area contributed by atoms with E-state index in [1.165, 1.54) is 12.5 Å². The molecule has 21 heavy (non-hydrogen) atoms. The lowest BCUT2D eigenvalue weighted by atomic mass is 10.1. The van der Waals surface area contributed by atoms with Crippen molar-refractivity contribution >= 4 is 5.97 Å². The van der Waals surface area contributed by atoms with Gasteiger partial charge in [0.1, 0.15) is 5.75 Å².